The third-order valence-electron chi connectivity index (χ3n) is 2.50. The Morgan fingerprint density at radius 2 is 2.13 bits per heavy atom. The van der Waals surface area contributed by atoms with E-state index in [9.17, 15) is 0 Å². The van der Waals surface area contributed by atoms with Gasteiger partial charge in [0.25, 0.3) is 0 Å². The molecule has 0 bridgehead atoms. The van der Waals surface area contributed by atoms with Crippen LogP contribution in [0.4, 0.5) is 0 Å². The third-order valence-corrected chi connectivity index (χ3v) is 2.50. The van der Waals surface area contributed by atoms with E-state index in [0.29, 0.717) is 0 Å². The predicted octanol–water partition coefficient (Wildman–Crippen LogP) is 0.464. The van der Waals surface area contributed by atoms with E-state index in [1.807, 2.05) is 24.3 Å². The number of rotatable bonds is 0. The van der Waals surface area contributed by atoms with Crippen LogP contribution in [0, 0.1) is 6.08 Å². The Morgan fingerprint density at radius 1 is 1.20 bits per heavy atom. The SMILES string of the molecule is [C]1=C2C=CC=c3ccccc3=C2NN=C1. The van der Waals surface area contributed by atoms with Gasteiger partial charge in [0.2, 0.25) is 0 Å². The molecule has 1 aromatic rings. The van der Waals surface area contributed by atoms with E-state index in [1.54, 1.807) is 6.21 Å². The smallest absolute Gasteiger partial charge is 0.0719 e. The molecule has 1 aromatic carbocycles. The van der Waals surface area contributed by atoms with Gasteiger partial charge in [0.1, 0.15) is 0 Å². The van der Waals surface area contributed by atoms with E-state index in [2.05, 4.69) is 34.8 Å². The molecular weight excluding hydrogens is 184 g/mol. The summed E-state index contributed by atoms with van der Waals surface area (Å²) in [5, 5.41) is 6.38. The summed E-state index contributed by atoms with van der Waals surface area (Å²) in [5.74, 6) is 0. The molecule has 2 heteroatoms. The molecule has 1 aliphatic carbocycles. The highest BCUT2D eigenvalue weighted by Gasteiger charge is 2.07. The first-order valence-corrected chi connectivity index (χ1v) is 4.84. The number of fused-ring (bicyclic) bond motifs is 2. The van der Waals surface area contributed by atoms with Crippen LogP contribution in [0.15, 0.2) is 47.1 Å². The molecule has 1 heterocycles. The van der Waals surface area contributed by atoms with E-state index < -0.39 is 0 Å². The lowest BCUT2D eigenvalue weighted by Gasteiger charge is -2.10. The molecule has 15 heavy (non-hydrogen) atoms. The van der Waals surface area contributed by atoms with E-state index in [-0.39, 0.29) is 0 Å². The van der Waals surface area contributed by atoms with Crippen LogP contribution in [-0.4, -0.2) is 6.21 Å². The van der Waals surface area contributed by atoms with Gasteiger partial charge in [0, 0.05) is 16.9 Å². The Kier molecular flexibility index (Phi) is 1.78. The van der Waals surface area contributed by atoms with Crippen LogP contribution < -0.4 is 15.9 Å². The molecule has 0 fully saturated rings. The Hall–Kier alpha value is -2.09. The summed E-state index contributed by atoms with van der Waals surface area (Å²) in [6, 6.07) is 8.25. The van der Waals surface area contributed by atoms with Crippen LogP contribution in [-0.2, 0) is 0 Å². The average molecular weight is 193 g/mol. The molecule has 0 saturated carbocycles. The van der Waals surface area contributed by atoms with Gasteiger partial charge >= 0.3 is 0 Å². The minimum absolute atomic E-state index is 1.03. The zero-order valence-corrected chi connectivity index (χ0v) is 8.07. The lowest BCUT2D eigenvalue weighted by Crippen LogP contribution is -2.30. The Bertz CT molecular complexity index is 604. The third kappa shape index (κ3) is 1.31. The van der Waals surface area contributed by atoms with Crippen molar-refractivity contribution < 1.29 is 0 Å². The maximum atomic E-state index is 4.01. The van der Waals surface area contributed by atoms with Gasteiger partial charge in [-0.25, -0.2) is 0 Å². The highest BCUT2D eigenvalue weighted by atomic mass is 15.3. The van der Waals surface area contributed by atoms with Gasteiger partial charge in [0.05, 0.1) is 11.9 Å². The quantitative estimate of drug-likeness (QED) is 0.636. The Morgan fingerprint density at radius 3 is 3.13 bits per heavy atom. The van der Waals surface area contributed by atoms with Crippen LogP contribution in [0.2, 0.25) is 0 Å². The topological polar surface area (TPSA) is 24.4 Å². The first-order chi connectivity index (χ1) is 7.45. The second-order valence-electron chi connectivity index (χ2n) is 3.42. The van der Waals surface area contributed by atoms with E-state index >= 15 is 0 Å². The van der Waals surface area contributed by atoms with Crippen molar-refractivity contribution in [3.05, 3.63) is 58.5 Å². The summed E-state index contributed by atoms with van der Waals surface area (Å²) in [5.41, 5.74) is 5.11. The zero-order chi connectivity index (χ0) is 10.1. The second kappa shape index (κ2) is 3.24. The van der Waals surface area contributed by atoms with E-state index in [4.69, 9.17) is 0 Å². The molecule has 1 aliphatic heterocycles. The molecule has 3 rings (SSSR count). The fourth-order valence-electron chi connectivity index (χ4n) is 1.79. The first-order valence-electron chi connectivity index (χ1n) is 4.84. The highest BCUT2D eigenvalue weighted by Crippen LogP contribution is 2.10. The lowest BCUT2D eigenvalue weighted by molar-refractivity contribution is 0.979. The maximum absolute atomic E-state index is 4.01. The van der Waals surface area contributed by atoms with Crippen molar-refractivity contribution in [2.75, 3.05) is 0 Å². The van der Waals surface area contributed by atoms with Gasteiger partial charge in [-0.1, -0.05) is 42.5 Å². The summed E-state index contributed by atoms with van der Waals surface area (Å²) in [6.45, 7) is 0. The van der Waals surface area contributed by atoms with Crippen LogP contribution in [0.5, 0.6) is 0 Å². The largest absolute Gasteiger partial charge is 0.277 e. The van der Waals surface area contributed by atoms with Crippen molar-refractivity contribution in [2.24, 2.45) is 5.10 Å². The Labute approximate surface area is 87.6 Å². The predicted molar refractivity (Wildman–Crippen MR) is 61.1 cm³/mol. The molecule has 0 amide bonds. The van der Waals surface area contributed by atoms with Crippen LogP contribution in [0.25, 0.3) is 11.8 Å². The monoisotopic (exact) mass is 193 g/mol. The van der Waals surface area contributed by atoms with Crippen molar-refractivity contribution in [3.63, 3.8) is 0 Å². The molecule has 2 aliphatic rings. The van der Waals surface area contributed by atoms with E-state index in [1.165, 1.54) is 10.4 Å². The standard InChI is InChI=1S/C13H9N2/c1-2-7-12-10(4-1)5-3-6-11-8-9-14-15-13(11)12/h1-7,9,15H. The molecule has 1 N–H and O–H groups in total. The van der Waals surface area contributed by atoms with Crippen LogP contribution >= 0.6 is 0 Å². The number of hydrogen-bond donors (Lipinski definition) is 1. The number of hydrazone groups is 1. The average Bonchev–Trinajstić information content (AvgIpc) is 2.48. The summed E-state index contributed by atoms with van der Waals surface area (Å²) >= 11 is 0. The first kappa shape index (κ1) is 8.24. The number of hydrogen-bond acceptors (Lipinski definition) is 2. The number of nitrogens with one attached hydrogen (secondary N) is 1. The Balaban J connectivity index is 2.45. The summed E-state index contributed by atoms with van der Waals surface area (Å²) < 4.78 is 0. The van der Waals surface area contributed by atoms with Gasteiger partial charge < -0.3 is 0 Å². The molecule has 0 aromatic heterocycles. The molecule has 0 spiro atoms. The molecule has 1 radical (unpaired) electrons. The van der Waals surface area contributed by atoms with E-state index in [0.717, 1.165) is 11.3 Å². The van der Waals surface area contributed by atoms with Gasteiger partial charge in [0.15, 0.2) is 0 Å². The van der Waals surface area contributed by atoms with Gasteiger partial charge in [-0.05, 0) is 5.22 Å². The molecule has 0 unspecified atom stereocenters. The summed E-state index contributed by atoms with van der Waals surface area (Å²) in [4.78, 5) is 0. The minimum atomic E-state index is 1.03. The molecular formula is C13H9N2. The maximum Gasteiger partial charge on any atom is 0.0719 e. The second-order valence-corrected chi connectivity index (χ2v) is 3.42. The van der Waals surface area contributed by atoms with Crippen LogP contribution in [0.1, 0.15) is 0 Å². The van der Waals surface area contributed by atoms with Gasteiger partial charge in [-0.2, -0.15) is 5.10 Å². The molecule has 71 valence electrons. The highest BCUT2D eigenvalue weighted by molar-refractivity contribution is 5.81. The van der Waals surface area contributed by atoms with Crippen LogP contribution in [0.3, 0.4) is 0 Å². The van der Waals surface area contributed by atoms with Crippen molar-refractivity contribution in [2.45, 2.75) is 0 Å². The van der Waals surface area contributed by atoms with Crippen molar-refractivity contribution in [1.29, 1.82) is 0 Å². The van der Waals surface area contributed by atoms with Crippen molar-refractivity contribution >= 4 is 18.0 Å². The number of nitrogens with zero attached hydrogens (tertiary/aromatic N) is 1. The minimum Gasteiger partial charge on any atom is -0.277 e. The zero-order valence-electron chi connectivity index (χ0n) is 8.07. The molecule has 0 saturated heterocycles. The fraction of sp³-hybridized carbons (Fsp3) is 0. The van der Waals surface area contributed by atoms with Gasteiger partial charge in [-0.3, -0.25) is 5.43 Å². The molecule has 0 atom stereocenters. The normalized spacial score (nSPS) is 16.8. The fourth-order valence-corrected chi connectivity index (χ4v) is 1.79. The lowest BCUT2D eigenvalue weighted by atomic mass is 10.1. The van der Waals surface area contributed by atoms with Crippen molar-refractivity contribution in [1.82, 2.24) is 5.43 Å². The van der Waals surface area contributed by atoms with Gasteiger partial charge in [-0.15, -0.1) is 0 Å². The number of benzene rings is 1. The molecule has 2 nitrogen and oxygen atoms in total. The number of allylic oxidation sites excluding steroid dienone is 2. The summed E-state index contributed by atoms with van der Waals surface area (Å²) in [6.07, 6.45) is 10.9. The summed E-state index contributed by atoms with van der Waals surface area (Å²) in [7, 11) is 0. The van der Waals surface area contributed by atoms with Crippen molar-refractivity contribution in [3.8, 4) is 0 Å².